The van der Waals surface area contributed by atoms with Crippen LogP contribution in [0, 0.1) is 0 Å². The fourth-order valence-corrected chi connectivity index (χ4v) is 2.81. The zero-order valence-corrected chi connectivity index (χ0v) is 11.6. The molecule has 0 bridgehead atoms. The van der Waals surface area contributed by atoms with Crippen molar-refractivity contribution in [3.05, 3.63) is 0 Å². The summed E-state index contributed by atoms with van der Waals surface area (Å²) < 4.78 is 22.9. The summed E-state index contributed by atoms with van der Waals surface area (Å²) in [5.74, 6) is 0.340. The van der Waals surface area contributed by atoms with Crippen molar-refractivity contribution in [1.29, 1.82) is 0 Å². The molecule has 0 rings (SSSR count). The van der Waals surface area contributed by atoms with Gasteiger partial charge in [0.05, 0.1) is 5.75 Å². The highest BCUT2D eigenvalue weighted by atomic mass is 32.2. The maximum absolute atomic E-state index is 11.5. The van der Waals surface area contributed by atoms with Crippen LogP contribution in [0.4, 0.5) is 0 Å². The molecule has 0 radical (unpaired) electrons. The monoisotopic (exact) mass is 251 g/mol. The molecule has 0 aliphatic carbocycles. The van der Waals surface area contributed by atoms with Crippen LogP contribution < -0.4 is 5.32 Å². The second-order valence-electron chi connectivity index (χ2n) is 4.63. The SMILES string of the molecule is CCC(C)(CCO)NC(C)CS(=O)(=O)CC. The van der Waals surface area contributed by atoms with E-state index in [1.807, 2.05) is 20.8 Å². The largest absolute Gasteiger partial charge is 0.396 e. The van der Waals surface area contributed by atoms with E-state index in [0.29, 0.717) is 6.42 Å². The van der Waals surface area contributed by atoms with Crippen molar-refractivity contribution in [2.45, 2.75) is 52.1 Å². The maximum Gasteiger partial charge on any atom is 0.151 e. The second-order valence-corrected chi connectivity index (χ2v) is 7.03. The quantitative estimate of drug-likeness (QED) is 0.674. The molecule has 2 N–H and O–H groups in total. The van der Waals surface area contributed by atoms with Gasteiger partial charge in [-0.1, -0.05) is 13.8 Å². The highest BCUT2D eigenvalue weighted by Crippen LogP contribution is 2.15. The lowest BCUT2D eigenvalue weighted by molar-refractivity contribution is 0.207. The van der Waals surface area contributed by atoms with Gasteiger partial charge in [-0.15, -0.1) is 0 Å². The first-order valence-corrected chi connectivity index (χ1v) is 7.69. The van der Waals surface area contributed by atoms with E-state index in [4.69, 9.17) is 5.11 Å². The highest BCUT2D eigenvalue weighted by Gasteiger charge is 2.25. The summed E-state index contributed by atoms with van der Waals surface area (Å²) in [6, 6.07) is -0.0820. The van der Waals surface area contributed by atoms with E-state index in [9.17, 15) is 8.42 Å². The van der Waals surface area contributed by atoms with Gasteiger partial charge in [0.25, 0.3) is 0 Å². The number of aliphatic hydroxyl groups excluding tert-OH is 1. The van der Waals surface area contributed by atoms with Crippen molar-refractivity contribution in [2.75, 3.05) is 18.1 Å². The van der Waals surface area contributed by atoms with Crippen molar-refractivity contribution < 1.29 is 13.5 Å². The lowest BCUT2D eigenvalue weighted by Crippen LogP contribution is -2.49. The molecule has 0 spiro atoms. The van der Waals surface area contributed by atoms with Crippen LogP contribution in [0.5, 0.6) is 0 Å². The van der Waals surface area contributed by atoms with E-state index in [1.165, 1.54) is 0 Å². The van der Waals surface area contributed by atoms with Crippen LogP contribution in [0.3, 0.4) is 0 Å². The molecule has 2 unspecified atom stereocenters. The van der Waals surface area contributed by atoms with Crippen LogP contribution in [0.2, 0.25) is 0 Å². The van der Waals surface area contributed by atoms with E-state index in [-0.39, 0.29) is 29.7 Å². The number of aliphatic hydroxyl groups is 1. The molecule has 0 aliphatic rings. The minimum Gasteiger partial charge on any atom is -0.396 e. The Hall–Kier alpha value is -0.130. The van der Waals surface area contributed by atoms with Crippen LogP contribution in [0.25, 0.3) is 0 Å². The Kier molecular flexibility index (Phi) is 6.51. The van der Waals surface area contributed by atoms with E-state index < -0.39 is 9.84 Å². The number of sulfone groups is 1. The van der Waals surface area contributed by atoms with E-state index in [0.717, 1.165) is 6.42 Å². The lowest BCUT2D eigenvalue weighted by Gasteiger charge is -2.32. The minimum absolute atomic E-state index is 0.0820. The summed E-state index contributed by atoms with van der Waals surface area (Å²) in [5.41, 5.74) is -0.183. The molecule has 2 atom stereocenters. The number of rotatable bonds is 8. The zero-order valence-electron chi connectivity index (χ0n) is 10.8. The van der Waals surface area contributed by atoms with Gasteiger partial charge in [0.1, 0.15) is 0 Å². The molecular weight excluding hydrogens is 226 g/mol. The Bertz CT molecular complexity index is 290. The molecule has 0 aromatic carbocycles. The molecule has 0 amide bonds. The summed E-state index contributed by atoms with van der Waals surface area (Å²) in [7, 11) is -2.94. The fourth-order valence-electron chi connectivity index (χ4n) is 1.73. The van der Waals surface area contributed by atoms with E-state index >= 15 is 0 Å². The third-order valence-electron chi connectivity index (χ3n) is 2.98. The molecule has 0 saturated carbocycles. The Morgan fingerprint density at radius 1 is 1.38 bits per heavy atom. The van der Waals surface area contributed by atoms with Gasteiger partial charge < -0.3 is 10.4 Å². The first-order valence-electron chi connectivity index (χ1n) is 5.87. The molecule has 0 aliphatic heterocycles. The standard InChI is InChI=1S/C11H25NO3S/c1-5-11(4,7-8-13)12-10(3)9-16(14,15)6-2/h10,12-13H,5-9H2,1-4H3. The Morgan fingerprint density at radius 3 is 2.31 bits per heavy atom. The third-order valence-corrected chi connectivity index (χ3v) is 4.87. The van der Waals surface area contributed by atoms with Crippen molar-refractivity contribution >= 4 is 9.84 Å². The molecule has 5 heteroatoms. The summed E-state index contributed by atoms with van der Waals surface area (Å²) in [4.78, 5) is 0. The van der Waals surface area contributed by atoms with Gasteiger partial charge in [-0.25, -0.2) is 8.42 Å². The number of hydrogen-bond donors (Lipinski definition) is 2. The second kappa shape index (κ2) is 6.57. The number of nitrogens with one attached hydrogen (secondary N) is 1. The molecule has 0 fully saturated rings. The number of hydrogen-bond acceptors (Lipinski definition) is 4. The lowest BCUT2D eigenvalue weighted by atomic mass is 9.94. The van der Waals surface area contributed by atoms with Gasteiger partial charge in [-0.3, -0.25) is 0 Å². The third kappa shape index (κ3) is 5.82. The van der Waals surface area contributed by atoms with Gasteiger partial charge in [-0.2, -0.15) is 0 Å². The smallest absolute Gasteiger partial charge is 0.151 e. The molecule has 0 aromatic heterocycles. The van der Waals surface area contributed by atoms with Gasteiger partial charge >= 0.3 is 0 Å². The average Bonchev–Trinajstić information content (AvgIpc) is 2.17. The van der Waals surface area contributed by atoms with Crippen molar-refractivity contribution in [2.24, 2.45) is 0 Å². The first-order chi connectivity index (χ1) is 7.28. The zero-order chi connectivity index (χ0) is 12.8. The van der Waals surface area contributed by atoms with Gasteiger partial charge in [0, 0.05) is 23.9 Å². The molecule has 4 nitrogen and oxygen atoms in total. The van der Waals surface area contributed by atoms with Crippen molar-refractivity contribution in [3.63, 3.8) is 0 Å². The molecule has 0 saturated heterocycles. The molecule has 0 heterocycles. The average molecular weight is 251 g/mol. The van der Waals surface area contributed by atoms with Crippen molar-refractivity contribution in [3.8, 4) is 0 Å². The Labute approximate surface area is 99.4 Å². The van der Waals surface area contributed by atoms with Crippen LogP contribution >= 0.6 is 0 Å². The van der Waals surface area contributed by atoms with Gasteiger partial charge in [0.2, 0.25) is 0 Å². The van der Waals surface area contributed by atoms with E-state index in [2.05, 4.69) is 5.32 Å². The predicted octanol–water partition coefficient (Wildman–Crippen LogP) is 0.950. The molecule has 16 heavy (non-hydrogen) atoms. The normalized spacial score (nSPS) is 18.1. The summed E-state index contributed by atoms with van der Waals surface area (Å²) in [6.45, 7) is 7.69. The Morgan fingerprint density at radius 2 is 1.94 bits per heavy atom. The maximum atomic E-state index is 11.5. The van der Waals surface area contributed by atoms with Gasteiger partial charge in [-0.05, 0) is 26.7 Å². The van der Waals surface area contributed by atoms with E-state index in [1.54, 1.807) is 6.92 Å². The van der Waals surface area contributed by atoms with Gasteiger partial charge in [0.15, 0.2) is 9.84 Å². The Balaban J connectivity index is 4.37. The van der Waals surface area contributed by atoms with Crippen LogP contribution in [-0.4, -0.2) is 43.2 Å². The molecular formula is C11H25NO3S. The molecule has 0 aromatic rings. The minimum atomic E-state index is -2.94. The van der Waals surface area contributed by atoms with Crippen LogP contribution in [-0.2, 0) is 9.84 Å². The highest BCUT2D eigenvalue weighted by molar-refractivity contribution is 7.91. The fraction of sp³-hybridized carbons (Fsp3) is 1.00. The van der Waals surface area contributed by atoms with Crippen LogP contribution in [0.1, 0.15) is 40.5 Å². The molecule has 98 valence electrons. The van der Waals surface area contributed by atoms with Crippen LogP contribution in [0.15, 0.2) is 0 Å². The van der Waals surface area contributed by atoms with Crippen molar-refractivity contribution in [1.82, 2.24) is 5.32 Å². The summed E-state index contributed by atoms with van der Waals surface area (Å²) >= 11 is 0. The first kappa shape index (κ1) is 15.9. The topological polar surface area (TPSA) is 66.4 Å². The summed E-state index contributed by atoms with van der Waals surface area (Å²) in [5, 5.41) is 12.3. The summed E-state index contributed by atoms with van der Waals surface area (Å²) in [6.07, 6.45) is 1.50. The predicted molar refractivity (Wildman–Crippen MR) is 67.3 cm³/mol.